The summed E-state index contributed by atoms with van der Waals surface area (Å²) in [5, 5.41) is 8.04. The van der Waals surface area contributed by atoms with Gasteiger partial charge in [-0.05, 0) is 41.7 Å². The molecule has 0 radical (unpaired) electrons. The van der Waals surface area contributed by atoms with Crippen molar-refractivity contribution in [2.75, 3.05) is 17.2 Å². The first-order valence-electron chi connectivity index (χ1n) is 9.68. The molecule has 4 rings (SSSR count). The van der Waals surface area contributed by atoms with Crippen LogP contribution in [0.3, 0.4) is 0 Å². The maximum absolute atomic E-state index is 4.61. The summed E-state index contributed by atoms with van der Waals surface area (Å²) in [6.45, 7) is 5.18. The third-order valence-electron chi connectivity index (χ3n) is 4.86. The maximum Gasteiger partial charge on any atom is 0.229 e. The molecule has 3 N–H and O–H groups in total. The van der Waals surface area contributed by atoms with Crippen molar-refractivity contribution >= 4 is 28.4 Å². The average Bonchev–Trinajstić information content (AvgIpc) is 3.12. The predicted octanol–water partition coefficient (Wildman–Crippen LogP) is 5.48. The molecule has 0 atom stereocenters. The van der Waals surface area contributed by atoms with E-state index < -0.39 is 0 Å². The molecule has 0 fully saturated rings. The summed E-state index contributed by atoms with van der Waals surface area (Å²) in [6, 6.07) is 18.6. The Bertz CT molecular complexity index is 1070. The molecule has 0 saturated heterocycles. The van der Waals surface area contributed by atoms with Gasteiger partial charge in [-0.2, -0.15) is 4.98 Å². The van der Waals surface area contributed by atoms with E-state index in [9.17, 15) is 0 Å². The fourth-order valence-electron chi connectivity index (χ4n) is 3.42. The Hall–Kier alpha value is -3.34. The molecular formula is C23H25N5. The van der Waals surface area contributed by atoms with Crippen molar-refractivity contribution in [3.05, 3.63) is 78.1 Å². The van der Waals surface area contributed by atoms with Crippen LogP contribution >= 0.6 is 0 Å². The molecule has 142 valence electrons. The van der Waals surface area contributed by atoms with Crippen LogP contribution in [-0.4, -0.2) is 21.5 Å². The molecule has 0 saturated carbocycles. The molecular weight excluding hydrogens is 346 g/mol. The van der Waals surface area contributed by atoms with Crippen LogP contribution in [0, 0.1) is 0 Å². The highest BCUT2D eigenvalue weighted by Crippen LogP contribution is 2.26. The van der Waals surface area contributed by atoms with Gasteiger partial charge in [0.1, 0.15) is 5.82 Å². The summed E-state index contributed by atoms with van der Waals surface area (Å²) in [5.74, 6) is 1.85. The van der Waals surface area contributed by atoms with E-state index in [2.05, 4.69) is 82.0 Å². The number of nitrogens with one attached hydrogen (secondary N) is 3. The highest BCUT2D eigenvalue weighted by atomic mass is 15.1. The number of aromatic nitrogens is 3. The smallest absolute Gasteiger partial charge is 0.229 e. The van der Waals surface area contributed by atoms with Gasteiger partial charge in [0.15, 0.2) is 0 Å². The molecule has 0 bridgehead atoms. The predicted molar refractivity (Wildman–Crippen MR) is 116 cm³/mol. The lowest BCUT2D eigenvalue weighted by Gasteiger charge is -2.14. The highest BCUT2D eigenvalue weighted by Gasteiger charge is 2.08. The number of fused-ring (bicyclic) bond motifs is 1. The Labute approximate surface area is 165 Å². The molecule has 0 aliphatic rings. The summed E-state index contributed by atoms with van der Waals surface area (Å²) in [6.07, 6.45) is 4.79. The van der Waals surface area contributed by atoms with Crippen molar-refractivity contribution in [1.29, 1.82) is 0 Å². The van der Waals surface area contributed by atoms with Gasteiger partial charge in [-0.25, -0.2) is 4.98 Å². The molecule has 5 heteroatoms. The standard InChI is InChI=1S/C23H25N5/c1-16(2)18-7-3-6-10-21(18)27-23-25-14-12-22(28-23)24-13-11-17-15-26-20-9-5-4-8-19(17)20/h3-10,12,14-16,26H,11,13H2,1-2H3,(H2,24,25,27,28). The second kappa shape index (κ2) is 8.13. The molecule has 4 aromatic rings. The number of para-hydroxylation sites is 2. The summed E-state index contributed by atoms with van der Waals surface area (Å²) < 4.78 is 0. The third kappa shape index (κ3) is 3.98. The number of hydrogen-bond acceptors (Lipinski definition) is 4. The quantitative estimate of drug-likeness (QED) is 0.402. The van der Waals surface area contributed by atoms with Crippen LogP contribution in [0.4, 0.5) is 17.5 Å². The summed E-state index contributed by atoms with van der Waals surface area (Å²) in [7, 11) is 0. The maximum atomic E-state index is 4.61. The molecule has 2 aromatic heterocycles. The SMILES string of the molecule is CC(C)c1ccccc1Nc1nccc(NCCc2c[nH]c3ccccc23)n1. The van der Waals surface area contributed by atoms with Gasteiger partial charge in [-0.15, -0.1) is 0 Å². The zero-order valence-corrected chi connectivity index (χ0v) is 16.2. The Balaban J connectivity index is 1.42. The number of nitrogens with zero attached hydrogens (tertiary/aromatic N) is 2. The molecule has 2 aromatic carbocycles. The minimum atomic E-state index is 0.432. The van der Waals surface area contributed by atoms with Crippen molar-refractivity contribution in [2.24, 2.45) is 0 Å². The first kappa shape index (κ1) is 18.0. The molecule has 0 unspecified atom stereocenters. The number of aromatic amines is 1. The van der Waals surface area contributed by atoms with Gasteiger partial charge in [0.05, 0.1) is 0 Å². The normalized spacial score (nSPS) is 11.1. The van der Waals surface area contributed by atoms with E-state index >= 15 is 0 Å². The van der Waals surface area contributed by atoms with Crippen molar-refractivity contribution in [1.82, 2.24) is 15.0 Å². The zero-order valence-electron chi connectivity index (χ0n) is 16.2. The van der Waals surface area contributed by atoms with Crippen LogP contribution in [0.15, 0.2) is 67.0 Å². The molecule has 0 aliphatic heterocycles. The Morgan fingerprint density at radius 2 is 1.82 bits per heavy atom. The van der Waals surface area contributed by atoms with Crippen molar-refractivity contribution in [3.63, 3.8) is 0 Å². The van der Waals surface area contributed by atoms with Gasteiger partial charge in [-0.3, -0.25) is 0 Å². The highest BCUT2D eigenvalue weighted by molar-refractivity contribution is 5.83. The van der Waals surface area contributed by atoms with Gasteiger partial charge < -0.3 is 15.6 Å². The minimum absolute atomic E-state index is 0.432. The second-order valence-electron chi connectivity index (χ2n) is 7.17. The van der Waals surface area contributed by atoms with E-state index in [1.54, 1.807) is 6.20 Å². The van der Waals surface area contributed by atoms with Gasteiger partial charge >= 0.3 is 0 Å². The molecule has 0 amide bonds. The molecule has 28 heavy (non-hydrogen) atoms. The third-order valence-corrected chi connectivity index (χ3v) is 4.86. The Kier molecular flexibility index (Phi) is 5.24. The fraction of sp³-hybridized carbons (Fsp3) is 0.217. The van der Waals surface area contributed by atoms with E-state index in [0.717, 1.165) is 24.5 Å². The van der Waals surface area contributed by atoms with Gasteiger partial charge in [0, 0.05) is 35.5 Å². The Morgan fingerprint density at radius 3 is 2.71 bits per heavy atom. The number of H-pyrrole nitrogens is 1. The van der Waals surface area contributed by atoms with Crippen molar-refractivity contribution in [3.8, 4) is 0 Å². The minimum Gasteiger partial charge on any atom is -0.370 e. The lowest BCUT2D eigenvalue weighted by molar-refractivity contribution is 0.868. The Morgan fingerprint density at radius 1 is 1.00 bits per heavy atom. The second-order valence-corrected chi connectivity index (χ2v) is 7.17. The van der Waals surface area contributed by atoms with E-state index in [0.29, 0.717) is 11.9 Å². The first-order chi connectivity index (χ1) is 13.7. The van der Waals surface area contributed by atoms with E-state index in [1.807, 2.05) is 18.2 Å². The number of rotatable bonds is 7. The van der Waals surface area contributed by atoms with Gasteiger partial charge in [0.25, 0.3) is 0 Å². The number of benzene rings is 2. The monoisotopic (exact) mass is 371 g/mol. The van der Waals surface area contributed by atoms with Crippen LogP contribution in [-0.2, 0) is 6.42 Å². The van der Waals surface area contributed by atoms with Crippen molar-refractivity contribution < 1.29 is 0 Å². The van der Waals surface area contributed by atoms with E-state index in [4.69, 9.17) is 0 Å². The van der Waals surface area contributed by atoms with Crippen LogP contribution in [0.2, 0.25) is 0 Å². The van der Waals surface area contributed by atoms with E-state index in [1.165, 1.54) is 22.0 Å². The van der Waals surface area contributed by atoms with Crippen molar-refractivity contribution in [2.45, 2.75) is 26.2 Å². The number of hydrogen-bond donors (Lipinski definition) is 3. The van der Waals surface area contributed by atoms with Crippen LogP contribution in [0.1, 0.15) is 30.9 Å². The van der Waals surface area contributed by atoms with Crippen LogP contribution in [0.5, 0.6) is 0 Å². The lowest BCUT2D eigenvalue weighted by Crippen LogP contribution is -2.08. The van der Waals surface area contributed by atoms with Gasteiger partial charge in [0.2, 0.25) is 5.95 Å². The first-order valence-corrected chi connectivity index (χ1v) is 9.68. The summed E-state index contributed by atoms with van der Waals surface area (Å²) in [4.78, 5) is 12.3. The van der Waals surface area contributed by atoms with Crippen LogP contribution in [0.25, 0.3) is 10.9 Å². The van der Waals surface area contributed by atoms with Gasteiger partial charge in [-0.1, -0.05) is 50.2 Å². The summed E-state index contributed by atoms with van der Waals surface area (Å²) >= 11 is 0. The largest absolute Gasteiger partial charge is 0.370 e. The van der Waals surface area contributed by atoms with Crippen LogP contribution < -0.4 is 10.6 Å². The molecule has 5 nitrogen and oxygen atoms in total. The molecule has 0 spiro atoms. The number of anilines is 3. The molecule has 2 heterocycles. The summed E-state index contributed by atoms with van der Waals surface area (Å²) in [5.41, 5.74) is 4.79. The lowest BCUT2D eigenvalue weighted by atomic mass is 10.0. The fourth-order valence-corrected chi connectivity index (χ4v) is 3.42. The average molecular weight is 371 g/mol. The zero-order chi connectivity index (χ0) is 19.3. The topological polar surface area (TPSA) is 65.6 Å². The molecule has 0 aliphatic carbocycles. The van der Waals surface area contributed by atoms with E-state index in [-0.39, 0.29) is 0 Å².